The van der Waals surface area contributed by atoms with E-state index in [9.17, 15) is 0 Å². The zero-order valence-corrected chi connectivity index (χ0v) is 7.93. The number of hydrogen-bond donors (Lipinski definition) is 0. The van der Waals surface area contributed by atoms with Gasteiger partial charge in [0.15, 0.2) is 0 Å². The minimum absolute atomic E-state index is 0.736. The van der Waals surface area contributed by atoms with Gasteiger partial charge in [-0.25, -0.2) is 4.68 Å². The summed E-state index contributed by atoms with van der Waals surface area (Å²) in [5.74, 6) is 0.736. The lowest BCUT2D eigenvalue weighted by Crippen LogP contribution is -1.94. The number of para-hydroxylation sites is 1. The summed E-state index contributed by atoms with van der Waals surface area (Å²) < 4.78 is 1.95. The normalized spacial score (nSPS) is 15.7. The van der Waals surface area contributed by atoms with Gasteiger partial charge >= 0.3 is 0 Å². The monoisotopic (exact) mass is 184 g/mol. The number of rotatable bonds is 2. The van der Waals surface area contributed by atoms with Crippen LogP contribution in [0.2, 0.25) is 0 Å². The first-order valence-electron chi connectivity index (χ1n) is 5.04. The molecule has 14 heavy (non-hydrogen) atoms. The van der Waals surface area contributed by atoms with Gasteiger partial charge < -0.3 is 0 Å². The van der Waals surface area contributed by atoms with Crippen LogP contribution < -0.4 is 0 Å². The lowest BCUT2D eigenvalue weighted by atomic mass is 10.3. The first-order valence-corrected chi connectivity index (χ1v) is 5.04. The van der Waals surface area contributed by atoms with Crippen LogP contribution in [0.4, 0.5) is 0 Å². The molecular weight excluding hydrogens is 172 g/mol. The van der Waals surface area contributed by atoms with E-state index in [2.05, 4.69) is 23.3 Å². The minimum Gasteiger partial charge on any atom is -0.241 e. The van der Waals surface area contributed by atoms with E-state index >= 15 is 0 Å². The zero-order valence-electron chi connectivity index (χ0n) is 7.93. The zero-order chi connectivity index (χ0) is 9.38. The second kappa shape index (κ2) is 2.98. The molecule has 0 spiro atoms. The Morgan fingerprint density at radius 2 is 1.86 bits per heavy atom. The molecule has 2 heteroatoms. The molecule has 0 bridgehead atoms. The van der Waals surface area contributed by atoms with Crippen molar-refractivity contribution in [3.63, 3.8) is 0 Å². The number of hydrogen-bond acceptors (Lipinski definition) is 1. The van der Waals surface area contributed by atoms with E-state index in [1.165, 1.54) is 18.5 Å². The van der Waals surface area contributed by atoms with E-state index in [0.29, 0.717) is 0 Å². The summed E-state index contributed by atoms with van der Waals surface area (Å²) >= 11 is 0. The maximum atomic E-state index is 4.56. The van der Waals surface area contributed by atoms with Crippen molar-refractivity contribution < 1.29 is 0 Å². The van der Waals surface area contributed by atoms with Crippen molar-refractivity contribution in [3.05, 3.63) is 48.3 Å². The summed E-state index contributed by atoms with van der Waals surface area (Å²) in [6.45, 7) is 0. The molecule has 1 saturated carbocycles. The molecule has 1 heterocycles. The highest BCUT2D eigenvalue weighted by Gasteiger charge is 2.25. The molecule has 0 saturated heterocycles. The Bertz CT molecular complexity index is 427. The fourth-order valence-corrected chi connectivity index (χ4v) is 1.66. The van der Waals surface area contributed by atoms with Crippen LogP contribution in [-0.4, -0.2) is 9.78 Å². The Morgan fingerprint density at radius 1 is 1.07 bits per heavy atom. The Hall–Kier alpha value is -1.57. The highest BCUT2D eigenvalue weighted by molar-refractivity contribution is 5.31. The molecular formula is C12H12N2. The number of aromatic nitrogens is 2. The van der Waals surface area contributed by atoms with Gasteiger partial charge in [0.25, 0.3) is 0 Å². The first-order chi connectivity index (χ1) is 6.93. The third kappa shape index (κ3) is 1.33. The quantitative estimate of drug-likeness (QED) is 0.701. The maximum Gasteiger partial charge on any atom is 0.0659 e. The van der Waals surface area contributed by atoms with Crippen LogP contribution in [0.5, 0.6) is 0 Å². The van der Waals surface area contributed by atoms with Gasteiger partial charge in [0.2, 0.25) is 0 Å². The van der Waals surface area contributed by atoms with Gasteiger partial charge in [-0.05, 0) is 31.0 Å². The van der Waals surface area contributed by atoms with Gasteiger partial charge in [0.05, 0.1) is 11.4 Å². The van der Waals surface area contributed by atoms with Crippen LogP contribution in [0.25, 0.3) is 5.69 Å². The van der Waals surface area contributed by atoms with Crippen molar-refractivity contribution in [2.45, 2.75) is 18.8 Å². The third-order valence-corrected chi connectivity index (χ3v) is 2.63. The molecule has 1 aromatic heterocycles. The van der Waals surface area contributed by atoms with Gasteiger partial charge in [-0.15, -0.1) is 0 Å². The second-order valence-corrected chi connectivity index (χ2v) is 3.79. The summed E-state index contributed by atoms with van der Waals surface area (Å²) in [5, 5.41) is 4.56. The van der Waals surface area contributed by atoms with Crippen LogP contribution in [0.15, 0.2) is 42.6 Å². The summed E-state index contributed by atoms with van der Waals surface area (Å²) in [7, 11) is 0. The van der Waals surface area contributed by atoms with E-state index in [4.69, 9.17) is 0 Å². The van der Waals surface area contributed by atoms with Gasteiger partial charge in [0, 0.05) is 12.1 Å². The third-order valence-electron chi connectivity index (χ3n) is 2.63. The van der Waals surface area contributed by atoms with Gasteiger partial charge in [-0.3, -0.25) is 0 Å². The molecule has 0 unspecified atom stereocenters. The van der Waals surface area contributed by atoms with Crippen LogP contribution in [0.1, 0.15) is 24.5 Å². The van der Waals surface area contributed by atoms with Crippen molar-refractivity contribution in [1.29, 1.82) is 0 Å². The van der Waals surface area contributed by atoms with Crippen LogP contribution in [0, 0.1) is 0 Å². The van der Waals surface area contributed by atoms with Crippen LogP contribution in [0.3, 0.4) is 0 Å². The smallest absolute Gasteiger partial charge is 0.0659 e. The van der Waals surface area contributed by atoms with Crippen LogP contribution in [-0.2, 0) is 0 Å². The van der Waals surface area contributed by atoms with Gasteiger partial charge in [-0.2, -0.15) is 5.10 Å². The Morgan fingerprint density at radius 3 is 2.57 bits per heavy atom. The van der Waals surface area contributed by atoms with Crippen molar-refractivity contribution in [3.8, 4) is 5.69 Å². The standard InChI is InChI=1S/C12H12N2/c1-2-4-11(5-3-1)14-9-8-12(13-14)10-6-7-10/h1-5,8-10H,6-7H2. The van der Waals surface area contributed by atoms with E-state index < -0.39 is 0 Å². The minimum atomic E-state index is 0.736. The predicted octanol–water partition coefficient (Wildman–Crippen LogP) is 2.75. The lowest BCUT2D eigenvalue weighted by molar-refractivity contribution is 0.837. The molecule has 1 aliphatic rings. The fourth-order valence-electron chi connectivity index (χ4n) is 1.66. The number of benzene rings is 1. The molecule has 0 aliphatic heterocycles. The van der Waals surface area contributed by atoms with E-state index in [1.807, 2.05) is 29.1 Å². The summed E-state index contributed by atoms with van der Waals surface area (Å²) in [5.41, 5.74) is 2.38. The van der Waals surface area contributed by atoms with E-state index in [0.717, 1.165) is 11.6 Å². The van der Waals surface area contributed by atoms with Crippen molar-refractivity contribution in [1.82, 2.24) is 9.78 Å². The molecule has 3 rings (SSSR count). The van der Waals surface area contributed by atoms with E-state index in [-0.39, 0.29) is 0 Å². The second-order valence-electron chi connectivity index (χ2n) is 3.79. The Labute approximate surface area is 83.2 Å². The highest BCUT2D eigenvalue weighted by atomic mass is 15.3. The predicted molar refractivity (Wildman–Crippen MR) is 55.5 cm³/mol. The first kappa shape index (κ1) is 7.80. The molecule has 0 amide bonds. The molecule has 2 aromatic rings. The molecule has 0 N–H and O–H groups in total. The lowest BCUT2D eigenvalue weighted by Gasteiger charge is -1.99. The van der Waals surface area contributed by atoms with Crippen LogP contribution >= 0.6 is 0 Å². The van der Waals surface area contributed by atoms with Crippen molar-refractivity contribution in [2.75, 3.05) is 0 Å². The summed E-state index contributed by atoms with van der Waals surface area (Å²) in [6.07, 6.45) is 4.67. The van der Waals surface area contributed by atoms with Gasteiger partial charge in [0.1, 0.15) is 0 Å². The largest absolute Gasteiger partial charge is 0.241 e. The molecule has 1 aliphatic carbocycles. The van der Waals surface area contributed by atoms with Gasteiger partial charge in [-0.1, -0.05) is 18.2 Å². The maximum absolute atomic E-state index is 4.56. The van der Waals surface area contributed by atoms with E-state index in [1.54, 1.807) is 0 Å². The average molecular weight is 184 g/mol. The fraction of sp³-hybridized carbons (Fsp3) is 0.250. The highest BCUT2D eigenvalue weighted by Crippen LogP contribution is 2.38. The molecule has 1 fully saturated rings. The Kier molecular flexibility index (Phi) is 1.66. The topological polar surface area (TPSA) is 17.8 Å². The molecule has 70 valence electrons. The summed E-state index contributed by atoms with van der Waals surface area (Å²) in [4.78, 5) is 0. The molecule has 1 aromatic carbocycles. The van der Waals surface area contributed by atoms with Crippen molar-refractivity contribution in [2.24, 2.45) is 0 Å². The SMILES string of the molecule is c1ccc(-n2ccc(C3CC3)n2)cc1. The average Bonchev–Trinajstić information content (AvgIpc) is 2.98. The Balaban J connectivity index is 1.96. The summed E-state index contributed by atoms with van der Waals surface area (Å²) in [6, 6.07) is 12.4. The molecule has 0 atom stereocenters. The number of nitrogens with zero attached hydrogens (tertiary/aromatic N) is 2. The van der Waals surface area contributed by atoms with Crippen molar-refractivity contribution >= 4 is 0 Å². The molecule has 0 radical (unpaired) electrons. The molecule has 2 nitrogen and oxygen atoms in total.